The second kappa shape index (κ2) is 6.37. The lowest BCUT2D eigenvalue weighted by molar-refractivity contribution is -0.138. The molecular weight excluding hydrogens is 322 g/mol. The SMILES string of the molecule is CC(C)C(=O)N[C@H]1C(C)(C)[C@@H]2C[C@@H]3[C@@H](Cc4ccccc4)OCC[C@@]31C2. The highest BCUT2D eigenvalue weighted by atomic mass is 16.5. The van der Waals surface area contributed by atoms with Crippen LogP contribution in [0.25, 0.3) is 0 Å². The van der Waals surface area contributed by atoms with E-state index in [2.05, 4.69) is 49.5 Å². The van der Waals surface area contributed by atoms with Gasteiger partial charge in [0.25, 0.3) is 0 Å². The van der Waals surface area contributed by atoms with Crippen molar-refractivity contribution in [3.05, 3.63) is 35.9 Å². The van der Waals surface area contributed by atoms with Crippen molar-refractivity contribution in [2.75, 3.05) is 6.61 Å². The highest BCUT2D eigenvalue weighted by molar-refractivity contribution is 5.78. The molecule has 4 rings (SSSR count). The second-order valence-corrected chi connectivity index (χ2v) is 9.74. The number of carbonyl (C=O) groups excluding carboxylic acids is 1. The fourth-order valence-electron chi connectivity index (χ4n) is 6.27. The Morgan fingerprint density at radius 2 is 2.00 bits per heavy atom. The van der Waals surface area contributed by atoms with Crippen LogP contribution >= 0.6 is 0 Å². The van der Waals surface area contributed by atoms with Crippen LogP contribution in [0.4, 0.5) is 0 Å². The zero-order valence-corrected chi connectivity index (χ0v) is 16.6. The number of nitrogens with one attached hydrogen (secondary N) is 1. The maximum Gasteiger partial charge on any atom is 0.222 e. The molecule has 1 heterocycles. The molecule has 1 aromatic rings. The molecule has 2 saturated carbocycles. The average molecular weight is 356 g/mol. The number of rotatable bonds is 4. The Morgan fingerprint density at radius 1 is 1.27 bits per heavy atom. The van der Waals surface area contributed by atoms with Gasteiger partial charge in [-0.15, -0.1) is 0 Å². The van der Waals surface area contributed by atoms with Crippen molar-refractivity contribution >= 4 is 5.91 Å². The van der Waals surface area contributed by atoms with E-state index in [0.717, 1.165) is 19.4 Å². The number of amides is 1. The quantitative estimate of drug-likeness (QED) is 0.878. The van der Waals surface area contributed by atoms with Crippen molar-refractivity contribution in [1.29, 1.82) is 0 Å². The van der Waals surface area contributed by atoms with Crippen LogP contribution in [0.2, 0.25) is 0 Å². The molecule has 3 nitrogen and oxygen atoms in total. The molecule has 5 atom stereocenters. The highest BCUT2D eigenvalue weighted by Gasteiger charge is 2.68. The molecule has 1 aromatic carbocycles. The molecule has 1 N–H and O–H groups in total. The Balaban J connectivity index is 1.61. The summed E-state index contributed by atoms with van der Waals surface area (Å²) in [7, 11) is 0. The lowest BCUT2D eigenvalue weighted by atomic mass is 9.59. The van der Waals surface area contributed by atoms with Gasteiger partial charge in [0.15, 0.2) is 0 Å². The van der Waals surface area contributed by atoms with E-state index in [1.54, 1.807) is 0 Å². The summed E-state index contributed by atoms with van der Waals surface area (Å²) in [6.07, 6.45) is 4.86. The van der Waals surface area contributed by atoms with Gasteiger partial charge in [-0.1, -0.05) is 58.0 Å². The van der Waals surface area contributed by atoms with Gasteiger partial charge >= 0.3 is 0 Å². The number of benzene rings is 1. The van der Waals surface area contributed by atoms with Crippen LogP contribution in [0.1, 0.15) is 52.5 Å². The van der Waals surface area contributed by atoms with E-state index in [1.807, 2.05) is 13.8 Å². The third-order valence-electron chi connectivity index (χ3n) is 7.71. The first-order chi connectivity index (χ1) is 12.3. The van der Waals surface area contributed by atoms with E-state index >= 15 is 0 Å². The lowest BCUT2D eigenvalue weighted by Crippen LogP contribution is -2.61. The van der Waals surface area contributed by atoms with Gasteiger partial charge in [0.1, 0.15) is 0 Å². The summed E-state index contributed by atoms with van der Waals surface area (Å²) in [4.78, 5) is 12.6. The standard InChI is InChI=1S/C23H33NO2/c1-15(2)20(25)24-21-22(3,4)17-13-18-19(12-16-8-6-5-7-9-16)26-11-10-23(18,21)14-17/h5-9,15,17-19,21H,10-14H2,1-4H3,(H,24,25)/t17-,18-,19-,21+,23-/m1/s1. The van der Waals surface area contributed by atoms with Gasteiger partial charge in [-0.05, 0) is 53.9 Å². The fraction of sp³-hybridized carbons (Fsp3) is 0.696. The molecule has 1 amide bonds. The predicted molar refractivity (Wildman–Crippen MR) is 104 cm³/mol. The third-order valence-corrected chi connectivity index (χ3v) is 7.71. The first kappa shape index (κ1) is 18.0. The Kier molecular flexibility index (Phi) is 4.42. The molecular formula is C23H33NO2. The van der Waals surface area contributed by atoms with Crippen LogP contribution in [-0.4, -0.2) is 24.7 Å². The number of ether oxygens (including phenoxy) is 1. The maximum atomic E-state index is 12.6. The van der Waals surface area contributed by atoms with Gasteiger partial charge in [-0.25, -0.2) is 0 Å². The molecule has 1 spiro atoms. The number of fused-ring (bicyclic) bond motifs is 1. The lowest BCUT2D eigenvalue weighted by Gasteiger charge is -2.53. The summed E-state index contributed by atoms with van der Waals surface area (Å²) in [6.45, 7) is 9.55. The van der Waals surface area contributed by atoms with Crippen molar-refractivity contribution in [1.82, 2.24) is 5.32 Å². The van der Waals surface area contributed by atoms with Crippen molar-refractivity contribution < 1.29 is 9.53 Å². The molecule has 0 aromatic heterocycles. The van der Waals surface area contributed by atoms with E-state index < -0.39 is 0 Å². The van der Waals surface area contributed by atoms with Crippen LogP contribution < -0.4 is 5.32 Å². The molecule has 0 unspecified atom stereocenters. The summed E-state index contributed by atoms with van der Waals surface area (Å²) in [5, 5.41) is 3.48. The van der Waals surface area contributed by atoms with E-state index in [9.17, 15) is 4.79 Å². The summed E-state index contributed by atoms with van der Waals surface area (Å²) < 4.78 is 6.30. The fourth-order valence-corrected chi connectivity index (χ4v) is 6.27. The number of hydrogen-bond acceptors (Lipinski definition) is 2. The van der Waals surface area contributed by atoms with Crippen molar-refractivity contribution in [3.63, 3.8) is 0 Å². The van der Waals surface area contributed by atoms with E-state index in [0.29, 0.717) is 11.8 Å². The van der Waals surface area contributed by atoms with Crippen molar-refractivity contribution in [2.24, 2.45) is 28.6 Å². The Bertz CT molecular complexity index is 668. The molecule has 2 aliphatic carbocycles. The maximum absolute atomic E-state index is 12.6. The van der Waals surface area contributed by atoms with Crippen LogP contribution in [0.3, 0.4) is 0 Å². The van der Waals surface area contributed by atoms with Gasteiger partial charge in [-0.3, -0.25) is 4.79 Å². The third kappa shape index (κ3) is 2.70. The van der Waals surface area contributed by atoms with Crippen LogP contribution in [0, 0.1) is 28.6 Å². The van der Waals surface area contributed by atoms with E-state index in [1.165, 1.54) is 18.4 Å². The molecule has 3 aliphatic rings. The topological polar surface area (TPSA) is 38.3 Å². The van der Waals surface area contributed by atoms with Crippen molar-refractivity contribution in [2.45, 2.75) is 65.5 Å². The van der Waals surface area contributed by atoms with Gasteiger partial charge in [0, 0.05) is 18.6 Å². The van der Waals surface area contributed by atoms with Crippen LogP contribution in [0.5, 0.6) is 0 Å². The average Bonchev–Trinajstić information content (AvgIpc) is 3.09. The van der Waals surface area contributed by atoms with Gasteiger partial charge in [0.2, 0.25) is 5.91 Å². The number of carbonyl (C=O) groups is 1. The van der Waals surface area contributed by atoms with Crippen molar-refractivity contribution in [3.8, 4) is 0 Å². The van der Waals surface area contributed by atoms with E-state index in [-0.39, 0.29) is 34.8 Å². The molecule has 26 heavy (non-hydrogen) atoms. The van der Waals surface area contributed by atoms with Gasteiger partial charge in [-0.2, -0.15) is 0 Å². The van der Waals surface area contributed by atoms with E-state index in [4.69, 9.17) is 4.74 Å². The first-order valence-corrected chi connectivity index (χ1v) is 10.3. The van der Waals surface area contributed by atoms with Crippen LogP contribution in [-0.2, 0) is 16.0 Å². The Hall–Kier alpha value is -1.35. The zero-order chi connectivity index (χ0) is 18.5. The summed E-state index contributed by atoms with van der Waals surface area (Å²) in [6, 6.07) is 11.0. The number of hydrogen-bond donors (Lipinski definition) is 1. The van der Waals surface area contributed by atoms with Gasteiger partial charge in [0.05, 0.1) is 6.10 Å². The minimum atomic E-state index is 0.0414. The molecule has 142 valence electrons. The molecule has 1 aliphatic heterocycles. The Morgan fingerprint density at radius 3 is 2.69 bits per heavy atom. The first-order valence-electron chi connectivity index (χ1n) is 10.3. The second-order valence-electron chi connectivity index (χ2n) is 9.74. The highest BCUT2D eigenvalue weighted by Crippen LogP contribution is 2.68. The minimum Gasteiger partial charge on any atom is -0.378 e. The smallest absolute Gasteiger partial charge is 0.222 e. The Labute approximate surface area is 157 Å². The molecule has 3 fully saturated rings. The summed E-state index contributed by atoms with van der Waals surface area (Å²) in [5.41, 5.74) is 1.76. The molecule has 0 radical (unpaired) electrons. The normalized spacial score (nSPS) is 37.6. The molecule has 2 bridgehead atoms. The largest absolute Gasteiger partial charge is 0.378 e. The molecule has 1 saturated heterocycles. The summed E-state index contributed by atoms with van der Waals surface area (Å²) >= 11 is 0. The summed E-state index contributed by atoms with van der Waals surface area (Å²) in [5.74, 6) is 1.49. The van der Waals surface area contributed by atoms with Crippen LogP contribution in [0.15, 0.2) is 30.3 Å². The predicted octanol–water partition coefficient (Wildman–Crippen LogP) is 4.21. The molecule has 3 heteroatoms. The zero-order valence-electron chi connectivity index (χ0n) is 16.6. The monoisotopic (exact) mass is 355 g/mol. The minimum absolute atomic E-state index is 0.0414. The van der Waals surface area contributed by atoms with Gasteiger partial charge < -0.3 is 10.1 Å².